The van der Waals surface area contributed by atoms with Crippen molar-refractivity contribution in [2.24, 2.45) is 0 Å². The predicted molar refractivity (Wildman–Crippen MR) is 65.6 cm³/mol. The van der Waals surface area contributed by atoms with Gasteiger partial charge in [-0.3, -0.25) is 0 Å². The van der Waals surface area contributed by atoms with Crippen LogP contribution in [-0.2, 0) is 0 Å². The molecule has 0 aliphatic carbocycles. The first-order valence-electron chi connectivity index (χ1n) is 3.78. The van der Waals surface area contributed by atoms with E-state index in [0.717, 1.165) is 16.7 Å². The molecule has 2 nitrogen and oxygen atoms in total. The van der Waals surface area contributed by atoms with Crippen LogP contribution < -0.4 is 0 Å². The molecule has 0 saturated carbocycles. The van der Waals surface area contributed by atoms with Crippen LogP contribution in [0.15, 0.2) is 24.3 Å². The van der Waals surface area contributed by atoms with Crippen LogP contribution in [0.4, 0.5) is 0 Å². The summed E-state index contributed by atoms with van der Waals surface area (Å²) < 4.78 is 0. The molecule has 0 radical (unpaired) electrons. The van der Waals surface area contributed by atoms with Crippen LogP contribution in [0.2, 0.25) is 5.02 Å². The summed E-state index contributed by atoms with van der Waals surface area (Å²) in [6.45, 7) is 0. The molecule has 0 amide bonds. The van der Waals surface area contributed by atoms with E-state index in [0.29, 0.717) is 0 Å². The fourth-order valence-corrected chi connectivity index (χ4v) is 2.47. The van der Waals surface area contributed by atoms with Crippen molar-refractivity contribution in [3.05, 3.63) is 34.9 Å². The number of hydrogen-bond acceptors (Lipinski definition) is 2. The molecular weight excluding hydrogens is 237 g/mol. The second-order valence-corrected chi connectivity index (χ2v) is 4.32. The Bertz CT molecular complexity index is 329. The molecule has 0 aromatic heterocycles. The third kappa shape index (κ3) is 3.48. The van der Waals surface area contributed by atoms with Gasteiger partial charge >= 0.3 is 0 Å². The van der Waals surface area contributed by atoms with Crippen LogP contribution >= 0.6 is 32.6 Å². The Morgan fingerprint density at radius 2 is 2.14 bits per heavy atom. The lowest BCUT2D eigenvalue weighted by molar-refractivity contribution is 0.824. The minimum absolute atomic E-state index is 0. The Balaban J connectivity index is 0.00000169. The largest absolute Gasteiger partial charge is 0.412 e. The van der Waals surface area contributed by atoms with E-state index in [-0.39, 0.29) is 10.7 Å². The third-order valence-electron chi connectivity index (χ3n) is 1.66. The monoisotopic (exact) mass is 247 g/mol. The van der Waals surface area contributed by atoms with Crippen molar-refractivity contribution in [1.29, 1.82) is 5.26 Å². The predicted octanol–water partition coefficient (Wildman–Crippen LogP) is 2.65. The molecule has 2 atom stereocenters. The van der Waals surface area contributed by atoms with E-state index in [9.17, 15) is 0 Å². The van der Waals surface area contributed by atoms with Gasteiger partial charge < -0.3 is 5.48 Å². The highest BCUT2D eigenvalue weighted by atomic mass is 35.5. The number of benzene rings is 1. The van der Waals surface area contributed by atoms with E-state index < -0.39 is 0 Å². The molecule has 2 unspecified atom stereocenters. The number of hydrogen-bond donors (Lipinski definition) is 0. The number of thioether (sulfide) groups is 1. The number of nitrogens with zero attached hydrogens (tertiary/aromatic N) is 1. The van der Waals surface area contributed by atoms with Crippen LogP contribution in [0.5, 0.6) is 0 Å². The molecular formula is C9H11ClNOPS. The van der Waals surface area contributed by atoms with E-state index in [1.807, 2.05) is 24.3 Å². The van der Waals surface area contributed by atoms with Crippen molar-refractivity contribution in [2.75, 3.05) is 6.16 Å². The van der Waals surface area contributed by atoms with Crippen molar-refractivity contribution in [2.45, 2.75) is 5.25 Å². The lowest BCUT2D eigenvalue weighted by atomic mass is 10.2. The number of halogens is 1. The van der Waals surface area contributed by atoms with Crippen LogP contribution in [0.25, 0.3) is 0 Å². The van der Waals surface area contributed by atoms with Gasteiger partial charge in [-0.2, -0.15) is 5.26 Å². The van der Waals surface area contributed by atoms with E-state index in [2.05, 4.69) is 14.6 Å². The molecule has 76 valence electrons. The lowest BCUT2D eigenvalue weighted by Crippen LogP contribution is -1.94. The number of nitriles is 1. The molecule has 2 N–H and O–H groups in total. The molecule has 0 heterocycles. The summed E-state index contributed by atoms with van der Waals surface area (Å²) in [6, 6.07) is 7.64. The highest BCUT2D eigenvalue weighted by Crippen LogP contribution is 2.34. The first-order valence-corrected chi connectivity index (χ1v) is 5.86. The van der Waals surface area contributed by atoms with E-state index in [1.54, 1.807) is 0 Å². The van der Waals surface area contributed by atoms with Gasteiger partial charge in [-0.25, -0.2) is 0 Å². The summed E-state index contributed by atoms with van der Waals surface area (Å²) in [5.74, 6) is 0. The van der Waals surface area contributed by atoms with Crippen molar-refractivity contribution in [1.82, 2.24) is 0 Å². The Morgan fingerprint density at radius 1 is 1.50 bits per heavy atom. The van der Waals surface area contributed by atoms with Gasteiger partial charge in [0.05, 0.1) is 0 Å². The molecule has 0 saturated heterocycles. The maximum Gasteiger partial charge on any atom is 0.133 e. The maximum atomic E-state index is 8.58. The zero-order chi connectivity index (χ0) is 9.68. The third-order valence-corrected chi connectivity index (χ3v) is 3.65. The summed E-state index contributed by atoms with van der Waals surface area (Å²) in [7, 11) is 2.63. The zero-order valence-electron chi connectivity index (χ0n) is 7.40. The van der Waals surface area contributed by atoms with Gasteiger partial charge in [0.1, 0.15) is 5.40 Å². The molecule has 0 aliphatic heterocycles. The first-order chi connectivity index (χ1) is 6.29. The van der Waals surface area contributed by atoms with Gasteiger partial charge in [0.15, 0.2) is 0 Å². The van der Waals surface area contributed by atoms with Gasteiger partial charge in [-0.05, 0) is 29.6 Å². The van der Waals surface area contributed by atoms with E-state index in [4.69, 9.17) is 16.9 Å². The minimum Gasteiger partial charge on any atom is -0.412 e. The van der Waals surface area contributed by atoms with Gasteiger partial charge in [-0.15, -0.1) is 9.24 Å². The average Bonchev–Trinajstić information content (AvgIpc) is 2.16. The Morgan fingerprint density at radius 3 is 2.64 bits per heavy atom. The Labute approximate surface area is 95.2 Å². The molecule has 5 heteroatoms. The van der Waals surface area contributed by atoms with Gasteiger partial charge in [-0.1, -0.05) is 29.8 Å². The van der Waals surface area contributed by atoms with Crippen LogP contribution in [0.3, 0.4) is 0 Å². The Kier molecular flexibility index (Phi) is 6.96. The summed E-state index contributed by atoms with van der Waals surface area (Å²) in [4.78, 5) is 0. The smallest absolute Gasteiger partial charge is 0.133 e. The quantitative estimate of drug-likeness (QED) is 0.609. The van der Waals surface area contributed by atoms with Crippen molar-refractivity contribution in [3.63, 3.8) is 0 Å². The fraction of sp³-hybridized carbons (Fsp3) is 0.222. The van der Waals surface area contributed by atoms with Gasteiger partial charge in [0.25, 0.3) is 0 Å². The zero-order valence-corrected chi connectivity index (χ0v) is 10.1. The van der Waals surface area contributed by atoms with E-state index in [1.165, 1.54) is 11.8 Å². The first kappa shape index (κ1) is 13.7. The van der Waals surface area contributed by atoms with Crippen molar-refractivity contribution < 1.29 is 5.48 Å². The average molecular weight is 248 g/mol. The Hall–Kier alpha value is -0.260. The summed E-state index contributed by atoms with van der Waals surface area (Å²) >= 11 is 7.25. The molecule has 0 spiro atoms. The van der Waals surface area contributed by atoms with Crippen LogP contribution in [-0.4, -0.2) is 11.6 Å². The molecule has 1 aromatic rings. The highest BCUT2D eigenvalue weighted by molar-refractivity contribution is 8.04. The molecule has 0 aliphatic rings. The summed E-state index contributed by atoms with van der Waals surface area (Å²) in [5, 5.41) is 11.6. The highest BCUT2D eigenvalue weighted by Gasteiger charge is 2.12. The molecule has 1 aromatic carbocycles. The lowest BCUT2D eigenvalue weighted by Gasteiger charge is -2.11. The maximum absolute atomic E-state index is 8.58. The second-order valence-electron chi connectivity index (χ2n) is 2.45. The summed E-state index contributed by atoms with van der Waals surface area (Å²) in [6.07, 6.45) is 0.835. The molecule has 0 fully saturated rings. The number of thiocyanates is 1. The van der Waals surface area contributed by atoms with Gasteiger partial charge in [0.2, 0.25) is 0 Å². The topological polar surface area (TPSA) is 55.3 Å². The number of rotatable bonds is 3. The second kappa shape index (κ2) is 7.09. The standard InChI is InChI=1S/C9H9ClNPS.H2O/c10-8-4-2-1-3-7(8)9(5-12)13-6-11;/h1-4,9H,5,12H2;1H2. The SMILES string of the molecule is N#CSC(CP)c1ccccc1Cl.O. The molecule has 1 rings (SSSR count). The van der Waals surface area contributed by atoms with Crippen molar-refractivity contribution >= 4 is 32.6 Å². The van der Waals surface area contributed by atoms with Crippen LogP contribution in [0, 0.1) is 10.7 Å². The van der Waals surface area contributed by atoms with Crippen LogP contribution in [0.1, 0.15) is 10.8 Å². The summed E-state index contributed by atoms with van der Waals surface area (Å²) in [5.41, 5.74) is 1.03. The minimum atomic E-state index is 0. The molecule has 0 bridgehead atoms. The fourth-order valence-electron chi connectivity index (χ4n) is 1.04. The molecule has 14 heavy (non-hydrogen) atoms. The van der Waals surface area contributed by atoms with E-state index >= 15 is 0 Å². The van der Waals surface area contributed by atoms with Crippen molar-refractivity contribution in [3.8, 4) is 5.40 Å². The normalized spacial score (nSPS) is 11.2. The van der Waals surface area contributed by atoms with Gasteiger partial charge in [0, 0.05) is 10.3 Å².